The highest BCUT2D eigenvalue weighted by atomic mass is 32.1. The van der Waals surface area contributed by atoms with E-state index in [1.807, 2.05) is 53.9 Å². The maximum atomic E-state index is 16.3. The first-order valence-electron chi connectivity index (χ1n) is 27.0. The molecule has 0 bridgehead atoms. The molecule has 0 saturated heterocycles. The highest BCUT2D eigenvalue weighted by Gasteiger charge is 2.53. The van der Waals surface area contributed by atoms with Gasteiger partial charge in [0.15, 0.2) is 23.8 Å². The van der Waals surface area contributed by atoms with E-state index >= 15 is 8.63 Å². The van der Waals surface area contributed by atoms with Gasteiger partial charge in [-0.25, -0.2) is 9.97 Å². The van der Waals surface area contributed by atoms with Crippen LogP contribution in [-0.2, 0) is 38.2 Å². The van der Waals surface area contributed by atoms with Crippen LogP contribution in [0.25, 0.3) is 40.0 Å². The predicted octanol–water partition coefficient (Wildman–Crippen LogP) is 6.78. The average Bonchev–Trinajstić information content (AvgIpc) is 4.44. The van der Waals surface area contributed by atoms with Crippen molar-refractivity contribution < 1.29 is 65.5 Å². The highest BCUT2D eigenvalue weighted by Crippen LogP contribution is 2.38. The monoisotopic (exact) mass is 1160 g/mol. The first kappa shape index (κ1) is 60.5. The Labute approximate surface area is 483 Å². The number of hydrogen-bond acceptors (Lipinski definition) is 14. The molecule has 20 nitrogen and oxygen atoms in total. The first-order valence-corrected chi connectivity index (χ1v) is 27.9. The molecule has 3 N–H and O–H groups in total. The maximum Gasteiger partial charge on any atom is 0.737 e. The van der Waals surface area contributed by atoms with Crippen molar-refractivity contribution in [1.29, 1.82) is 0 Å². The van der Waals surface area contributed by atoms with Crippen molar-refractivity contribution in [2.45, 2.75) is 25.7 Å². The predicted molar refractivity (Wildman–Crippen MR) is 311 cm³/mol. The van der Waals surface area contributed by atoms with Crippen LogP contribution in [0.15, 0.2) is 126 Å². The number of thiophene rings is 1. The molecule has 3 aromatic heterocycles. The lowest BCUT2D eigenvalue weighted by atomic mass is 9.90. The molecule has 6 aromatic rings. The molecule has 0 spiro atoms. The zero-order valence-electron chi connectivity index (χ0n) is 46.6. The number of fused-ring (bicyclic) bond motifs is 2. The molecule has 3 aromatic carbocycles. The molecule has 2 aliphatic heterocycles. The number of rotatable bonds is 31. The number of benzene rings is 3. The second kappa shape index (κ2) is 29.4. The van der Waals surface area contributed by atoms with Gasteiger partial charge in [0.25, 0.3) is 5.91 Å². The van der Waals surface area contributed by atoms with Crippen molar-refractivity contribution in [2.75, 3.05) is 106 Å². The van der Waals surface area contributed by atoms with Crippen LogP contribution in [0.2, 0.25) is 0 Å². The van der Waals surface area contributed by atoms with Crippen molar-refractivity contribution in [2.24, 2.45) is 0 Å². The Hall–Kier alpha value is -8.58. The minimum Gasteiger partial charge on any atom is -0.497 e. The fourth-order valence-corrected chi connectivity index (χ4v) is 9.68. The summed E-state index contributed by atoms with van der Waals surface area (Å²) in [7, 11) is 6.17. The van der Waals surface area contributed by atoms with Crippen LogP contribution in [0, 0.1) is 0 Å². The summed E-state index contributed by atoms with van der Waals surface area (Å²) >= 11 is 1.41. The smallest absolute Gasteiger partial charge is 0.497 e. The van der Waals surface area contributed by atoms with E-state index in [9.17, 15) is 24.0 Å². The molecular weight excluding hydrogens is 1090 g/mol. The molecule has 8 rings (SSSR count). The minimum atomic E-state index is -4.20. The average molecular weight is 1160 g/mol. The van der Waals surface area contributed by atoms with E-state index in [1.54, 1.807) is 87.0 Å². The summed E-state index contributed by atoms with van der Waals surface area (Å²) in [6.07, 6.45) is 6.04. The third kappa shape index (κ3) is 16.6. The second-order valence-electron chi connectivity index (χ2n) is 19.3. The normalized spacial score (nSPS) is 12.9. The highest BCUT2D eigenvalue weighted by molar-refractivity contribution is 7.12. The molecule has 0 fully saturated rings. The Kier molecular flexibility index (Phi) is 21.4. The lowest BCUT2D eigenvalue weighted by Crippen LogP contribution is -2.50. The summed E-state index contributed by atoms with van der Waals surface area (Å²) in [5.74, 6) is 0.484. The summed E-state index contributed by atoms with van der Waals surface area (Å²) in [5, 5.41) is 10.2. The molecule has 0 saturated carbocycles. The number of nitrogens with one attached hydrogen (secondary N) is 3. The number of anilines is 1. The molecule has 24 heteroatoms. The van der Waals surface area contributed by atoms with Crippen molar-refractivity contribution in [3.05, 3.63) is 137 Å². The topological polar surface area (TPSA) is 217 Å². The van der Waals surface area contributed by atoms with Gasteiger partial charge in [0.2, 0.25) is 23.6 Å². The van der Waals surface area contributed by atoms with Crippen LogP contribution in [0.4, 0.5) is 14.4 Å². The Morgan fingerprint density at radius 1 is 0.651 bits per heavy atom. The van der Waals surface area contributed by atoms with E-state index in [0.29, 0.717) is 128 Å². The maximum absolute atomic E-state index is 16.3. The van der Waals surface area contributed by atoms with Gasteiger partial charge < -0.3 is 71.8 Å². The number of methoxy groups -OCH3 is 2. The largest absolute Gasteiger partial charge is 0.737 e. The van der Waals surface area contributed by atoms with E-state index in [4.69, 9.17) is 33.4 Å². The molecule has 0 aliphatic carbocycles. The van der Waals surface area contributed by atoms with E-state index in [-0.39, 0.29) is 56.1 Å². The fraction of sp³-hybridized carbons (Fsp3) is 0.322. The van der Waals surface area contributed by atoms with Crippen LogP contribution in [0.5, 0.6) is 17.2 Å². The summed E-state index contributed by atoms with van der Waals surface area (Å²) in [6, 6.07) is 29.8. The Balaban J connectivity index is 0.616. The molecule has 436 valence electrons. The van der Waals surface area contributed by atoms with Gasteiger partial charge in [0.1, 0.15) is 23.1 Å². The van der Waals surface area contributed by atoms with Crippen molar-refractivity contribution in [1.82, 2.24) is 34.9 Å². The summed E-state index contributed by atoms with van der Waals surface area (Å²) in [4.78, 5) is 76.3. The quantitative estimate of drug-likeness (QED) is 0.0303. The summed E-state index contributed by atoms with van der Waals surface area (Å²) in [5.41, 5.74) is 4.28. The number of amides is 5. The lowest BCUT2D eigenvalue weighted by molar-refractivity contribution is -0.359. The number of ether oxygens (including phenoxy) is 6. The van der Waals surface area contributed by atoms with Crippen molar-refractivity contribution in [3.63, 3.8) is 0 Å². The van der Waals surface area contributed by atoms with Crippen LogP contribution >= 0.6 is 11.3 Å². The fourth-order valence-electron chi connectivity index (χ4n) is 8.93. The first-order chi connectivity index (χ1) is 40.2. The van der Waals surface area contributed by atoms with E-state index in [1.165, 1.54) is 35.2 Å². The van der Waals surface area contributed by atoms with Gasteiger partial charge in [-0.3, -0.25) is 24.0 Å². The molecular formula is C59H66BF2N9O11S. The Morgan fingerprint density at radius 2 is 1.23 bits per heavy atom. The number of carbonyl (C=O) groups is 5. The third-order valence-electron chi connectivity index (χ3n) is 13.3. The second-order valence-corrected chi connectivity index (χ2v) is 20.2. The molecule has 5 heterocycles. The van der Waals surface area contributed by atoms with Crippen LogP contribution in [0.3, 0.4) is 0 Å². The van der Waals surface area contributed by atoms with Crippen LogP contribution in [-0.4, -0.2) is 172 Å². The van der Waals surface area contributed by atoms with Gasteiger partial charge in [-0.1, -0.05) is 6.07 Å². The zero-order valence-corrected chi connectivity index (χ0v) is 47.5. The van der Waals surface area contributed by atoms with Gasteiger partial charge >= 0.3 is 6.97 Å². The molecule has 5 amide bonds. The van der Waals surface area contributed by atoms with Crippen molar-refractivity contribution >= 4 is 65.4 Å². The molecule has 2 aliphatic rings. The van der Waals surface area contributed by atoms with Gasteiger partial charge in [-0.15, -0.1) is 11.3 Å². The summed E-state index contributed by atoms with van der Waals surface area (Å²) in [6.45, 7) is -1.99. The molecule has 83 heavy (non-hydrogen) atoms. The van der Waals surface area contributed by atoms with Gasteiger partial charge in [0, 0.05) is 100 Å². The number of aromatic nitrogens is 3. The van der Waals surface area contributed by atoms with Crippen LogP contribution in [0.1, 0.15) is 36.3 Å². The number of likely N-dealkylation sites (N-methyl/N-ethyl adjacent to an activating group) is 2. The molecule has 0 unspecified atom stereocenters. The number of halogens is 2. The van der Waals surface area contributed by atoms with Gasteiger partial charge in [0.05, 0.1) is 64.3 Å². The lowest BCUT2D eigenvalue weighted by Gasteiger charge is -2.30. The summed E-state index contributed by atoms with van der Waals surface area (Å²) < 4.78 is 67.8. The Bertz CT molecular complexity index is 3240. The zero-order chi connectivity index (χ0) is 58.7. The standard InChI is InChI=1S/C59H66BF2N9O11S/c1-68(57(75)26-25-54(72)66-53-37-49(41-9-17-46(77-3)18-10-41)65-59(67-53)43-13-19-47(78-4)20-14-43)38-55(73)63-27-6-29-79-31-33-81-34-32-80-30-7-28-64-56(74)39-69(2)58(76)40-82-48-21-11-42(12-22-48)50-23-15-44-36-45-16-24-51(52-8-5-35-83-52)71(45)60(61,62)70(44)50/h5,8-24,35-37H,6-7,25-34,38-40H2,1-4H3,(H,63,73)(H,64,74)(H,65,66,67,72). The number of hydrogen-bond donors (Lipinski definition) is 3. The Morgan fingerprint density at radius 3 is 1.83 bits per heavy atom. The number of nitrogens with zero attached hydrogens (tertiary/aromatic N) is 6. The number of carbonyl (C=O) groups excluding carboxylic acids is 5. The van der Waals surface area contributed by atoms with Crippen molar-refractivity contribution in [3.8, 4) is 51.2 Å². The van der Waals surface area contributed by atoms with E-state index in [2.05, 4.69) is 20.9 Å². The van der Waals surface area contributed by atoms with Gasteiger partial charge in [-0.05, 0) is 115 Å². The molecule has 0 radical (unpaired) electrons. The minimum absolute atomic E-state index is 0.117. The third-order valence-corrected chi connectivity index (χ3v) is 14.2. The SMILES string of the molecule is COc1ccc(-c2cc(NC(=O)CCC(=O)N(C)CC(=O)NCCCOCCOCCOCCCNC(=O)CN(C)C(=O)COc3ccc(-c4ccc5n4[B-](F)(F)[N+]4=C(c6cccs6)C=CC4=C5)cc3)nc(-c3ccc(OC)cc3)n2)cc1. The number of allylic oxidation sites excluding steroid dienone is 2. The van der Waals surface area contributed by atoms with Crippen LogP contribution < -0.4 is 30.2 Å². The van der Waals surface area contributed by atoms with E-state index < -0.39 is 18.8 Å². The van der Waals surface area contributed by atoms with E-state index in [0.717, 1.165) is 19.4 Å². The van der Waals surface area contributed by atoms with Gasteiger partial charge in [-0.2, -0.15) is 0 Å². The molecule has 0 atom stereocenters.